The monoisotopic (exact) mass is 402 g/mol. The number of hydrogen-bond donors (Lipinski definition) is 1. The predicted octanol–water partition coefficient (Wildman–Crippen LogP) is 3.37. The van der Waals surface area contributed by atoms with Crippen molar-refractivity contribution in [2.45, 2.75) is 11.4 Å². The van der Waals surface area contributed by atoms with E-state index in [1.54, 1.807) is 36.4 Å². The number of carbonyl (C=O) groups excluding carboxylic acids is 1. The summed E-state index contributed by atoms with van der Waals surface area (Å²) in [6.07, 6.45) is 0. The summed E-state index contributed by atoms with van der Waals surface area (Å²) in [5, 5.41) is 10.8. The zero-order chi connectivity index (χ0) is 19.4. The number of nitrogens with one attached hydrogen (secondary N) is 1. The lowest BCUT2D eigenvalue weighted by Crippen LogP contribution is -2.22. The van der Waals surface area contributed by atoms with Crippen LogP contribution in [0.1, 0.15) is 20.1 Å². The van der Waals surface area contributed by atoms with E-state index in [4.69, 9.17) is 0 Å². The van der Waals surface area contributed by atoms with Crippen molar-refractivity contribution in [3.63, 3.8) is 0 Å². The number of thiophene rings is 1. The number of carbonyl (C=O) groups is 1. The van der Waals surface area contributed by atoms with Crippen molar-refractivity contribution >= 4 is 32.8 Å². The first-order chi connectivity index (χ1) is 12.9. The number of non-ortho nitro benzene ring substituents is 1. The number of benzene rings is 2. The summed E-state index contributed by atoms with van der Waals surface area (Å²) < 4.78 is 27.1. The highest BCUT2D eigenvalue weighted by Gasteiger charge is 2.18. The SMILES string of the molecule is O=C(c1ccccc1)c1ccc(CNS(=O)(=O)c2cccc([N+](=O)[O-])c2)s1. The van der Waals surface area contributed by atoms with Gasteiger partial charge in [0.1, 0.15) is 0 Å². The van der Waals surface area contributed by atoms with Crippen LogP contribution in [0.15, 0.2) is 71.6 Å². The van der Waals surface area contributed by atoms with Crippen LogP contribution in [-0.2, 0) is 16.6 Å². The van der Waals surface area contributed by atoms with Gasteiger partial charge >= 0.3 is 0 Å². The molecule has 2 aromatic carbocycles. The van der Waals surface area contributed by atoms with Crippen LogP contribution in [0.4, 0.5) is 5.69 Å². The van der Waals surface area contributed by atoms with E-state index in [-0.39, 0.29) is 22.9 Å². The molecule has 0 spiro atoms. The van der Waals surface area contributed by atoms with Crippen LogP contribution in [0.25, 0.3) is 0 Å². The second kappa shape index (κ2) is 7.78. The molecular formula is C18H14N2O5S2. The van der Waals surface area contributed by atoms with E-state index >= 15 is 0 Å². The number of sulfonamides is 1. The van der Waals surface area contributed by atoms with E-state index in [1.807, 2.05) is 6.07 Å². The van der Waals surface area contributed by atoms with Crippen molar-refractivity contribution in [1.82, 2.24) is 4.72 Å². The maximum absolute atomic E-state index is 12.4. The quantitative estimate of drug-likeness (QED) is 0.370. The van der Waals surface area contributed by atoms with Gasteiger partial charge in [-0.25, -0.2) is 13.1 Å². The van der Waals surface area contributed by atoms with Crippen molar-refractivity contribution in [3.8, 4) is 0 Å². The van der Waals surface area contributed by atoms with Gasteiger partial charge in [0.25, 0.3) is 5.69 Å². The van der Waals surface area contributed by atoms with Crippen LogP contribution in [0, 0.1) is 10.1 Å². The zero-order valence-electron chi connectivity index (χ0n) is 13.9. The molecule has 7 nitrogen and oxygen atoms in total. The molecule has 1 heterocycles. The Kier molecular flexibility index (Phi) is 5.45. The summed E-state index contributed by atoms with van der Waals surface area (Å²) in [5.41, 5.74) is 0.257. The van der Waals surface area contributed by atoms with Crippen molar-refractivity contribution in [3.05, 3.63) is 92.2 Å². The van der Waals surface area contributed by atoms with Gasteiger partial charge in [-0.3, -0.25) is 14.9 Å². The first-order valence-electron chi connectivity index (χ1n) is 7.79. The maximum Gasteiger partial charge on any atom is 0.270 e. The summed E-state index contributed by atoms with van der Waals surface area (Å²) in [6, 6.07) is 16.9. The molecule has 0 unspecified atom stereocenters. The van der Waals surface area contributed by atoms with E-state index in [1.165, 1.54) is 29.5 Å². The van der Waals surface area contributed by atoms with Crippen LogP contribution < -0.4 is 4.72 Å². The summed E-state index contributed by atoms with van der Waals surface area (Å²) in [4.78, 5) is 23.5. The topological polar surface area (TPSA) is 106 Å². The number of nitrogens with zero attached hydrogens (tertiary/aromatic N) is 1. The van der Waals surface area contributed by atoms with Crippen molar-refractivity contribution < 1.29 is 18.1 Å². The molecule has 3 rings (SSSR count). The van der Waals surface area contributed by atoms with Crippen molar-refractivity contribution in [1.29, 1.82) is 0 Å². The Morgan fingerprint density at radius 1 is 1.04 bits per heavy atom. The molecule has 0 saturated heterocycles. The zero-order valence-corrected chi connectivity index (χ0v) is 15.5. The number of ketones is 1. The Balaban J connectivity index is 1.72. The average Bonchev–Trinajstić information content (AvgIpc) is 3.16. The van der Waals surface area contributed by atoms with Gasteiger partial charge in [0.05, 0.1) is 14.7 Å². The van der Waals surface area contributed by atoms with Crippen LogP contribution in [0.5, 0.6) is 0 Å². The van der Waals surface area contributed by atoms with E-state index in [9.17, 15) is 23.3 Å². The standard InChI is InChI=1S/C18H14N2O5S2/c21-18(13-5-2-1-3-6-13)17-10-9-15(26-17)12-19-27(24,25)16-8-4-7-14(11-16)20(22)23/h1-11,19H,12H2. The van der Waals surface area contributed by atoms with Crippen molar-refractivity contribution in [2.24, 2.45) is 0 Å². The van der Waals surface area contributed by atoms with Gasteiger partial charge in [-0.15, -0.1) is 11.3 Å². The van der Waals surface area contributed by atoms with Gasteiger partial charge in [0.15, 0.2) is 0 Å². The van der Waals surface area contributed by atoms with E-state index < -0.39 is 14.9 Å². The van der Waals surface area contributed by atoms with Gasteiger partial charge in [-0.1, -0.05) is 36.4 Å². The molecule has 0 amide bonds. The molecule has 0 bridgehead atoms. The summed E-state index contributed by atoms with van der Waals surface area (Å²) in [6.45, 7) is -0.0161. The lowest BCUT2D eigenvalue weighted by molar-refractivity contribution is -0.385. The molecule has 0 aliphatic heterocycles. The maximum atomic E-state index is 12.4. The van der Waals surface area contributed by atoms with Gasteiger partial charge in [-0.05, 0) is 18.2 Å². The first kappa shape index (κ1) is 18.9. The van der Waals surface area contributed by atoms with Crippen LogP contribution >= 0.6 is 11.3 Å². The Hall–Kier alpha value is -2.88. The fraction of sp³-hybridized carbons (Fsp3) is 0.0556. The lowest BCUT2D eigenvalue weighted by Gasteiger charge is -2.05. The smallest absolute Gasteiger partial charge is 0.270 e. The molecule has 1 N–H and O–H groups in total. The highest BCUT2D eigenvalue weighted by atomic mass is 32.2. The minimum Gasteiger partial charge on any atom is -0.288 e. The van der Waals surface area contributed by atoms with Gasteiger partial charge in [-0.2, -0.15) is 0 Å². The molecule has 1 aromatic heterocycles. The molecule has 0 saturated carbocycles. The van der Waals surface area contributed by atoms with E-state index in [0.717, 1.165) is 6.07 Å². The molecule has 0 radical (unpaired) electrons. The number of rotatable bonds is 7. The predicted molar refractivity (Wildman–Crippen MR) is 101 cm³/mol. The third-order valence-electron chi connectivity index (χ3n) is 3.70. The molecule has 138 valence electrons. The molecule has 0 aliphatic rings. The fourth-order valence-electron chi connectivity index (χ4n) is 2.34. The largest absolute Gasteiger partial charge is 0.288 e. The Morgan fingerprint density at radius 3 is 2.48 bits per heavy atom. The molecule has 3 aromatic rings. The Bertz CT molecular complexity index is 1090. The highest BCUT2D eigenvalue weighted by molar-refractivity contribution is 7.89. The summed E-state index contributed by atoms with van der Waals surface area (Å²) in [5.74, 6) is -0.131. The normalized spacial score (nSPS) is 11.3. The average molecular weight is 402 g/mol. The number of hydrogen-bond acceptors (Lipinski definition) is 6. The van der Waals surface area contributed by atoms with Crippen LogP contribution in [-0.4, -0.2) is 19.1 Å². The molecule has 0 atom stereocenters. The second-order valence-electron chi connectivity index (χ2n) is 5.54. The highest BCUT2D eigenvalue weighted by Crippen LogP contribution is 2.21. The number of nitro groups is 1. The molecule has 9 heteroatoms. The minimum atomic E-state index is -3.91. The first-order valence-corrected chi connectivity index (χ1v) is 10.1. The molecule has 27 heavy (non-hydrogen) atoms. The molecule has 0 fully saturated rings. The third kappa shape index (κ3) is 4.45. The Morgan fingerprint density at radius 2 is 1.78 bits per heavy atom. The van der Waals surface area contributed by atoms with Crippen LogP contribution in [0.3, 0.4) is 0 Å². The minimum absolute atomic E-state index is 0.0161. The third-order valence-corrected chi connectivity index (χ3v) is 6.18. The second-order valence-corrected chi connectivity index (χ2v) is 8.48. The van der Waals surface area contributed by atoms with Gasteiger partial charge in [0.2, 0.25) is 15.8 Å². The summed E-state index contributed by atoms with van der Waals surface area (Å²) in [7, 11) is -3.91. The van der Waals surface area contributed by atoms with Gasteiger partial charge < -0.3 is 0 Å². The Labute approximate surface area is 159 Å². The summed E-state index contributed by atoms with van der Waals surface area (Å²) >= 11 is 1.20. The van der Waals surface area contributed by atoms with E-state index in [2.05, 4.69) is 4.72 Å². The van der Waals surface area contributed by atoms with E-state index in [0.29, 0.717) is 15.3 Å². The fourth-order valence-corrected chi connectivity index (χ4v) is 4.39. The van der Waals surface area contributed by atoms with Gasteiger partial charge in [0, 0.05) is 29.1 Å². The molecule has 0 aliphatic carbocycles. The number of nitro benzene ring substituents is 1. The molecular weight excluding hydrogens is 388 g/mol. The van der Waals surface area contributed by atoms with Crippen molar-refractivity contribution in [2.75, 3.05) is 0 Å². The van der Waals surface area contributed by atoms with Crippen LogP contribution in [0.2, 0.25) is 0 Å². The lowest BCUT2D eigenvalue weighted by atomic mass is 10.1.